The first-order valence-corrected chi connectivity index (χ1v) is 4.51. The topological polar surface area (TPSA) is 62.7 Å². The second-order valence-electron chi connectivity index (χ2n) is 2.92. The van der Waals surface area contributed by atoms with Crippen molar-refractivity contribution in [3.63, 3.8) is 0 Å². The number of rotatable bonds is 3. The first-order chi connectivity index (χ1) is 6.28. The summed E-state index contributed by atoms with van der Waals surface area (Å²) in [6, 6.07) is 0.517. The Hall–Kier alpha value is -1.10. The van der Waals surface area contributed by atoms with Crippen molar-refractivity contribution in [1.29, 1.82) is 0 Å². The van der Waals surface area contributed by atoms with E-state index >= 15 is 0 Å². The lowest BCUT2D eigenvalue weighted by molar-refractivity contribution is 1.00. The minimum atomic E-state index is 0.211. The van der Waals surface area contributed by atoms with E-state index in [9.17, 15) is 0 Å². The molecule has 0 saturated heterocycles. The van der Waals surface area contributed by atoms with E-state index in [1.165, 1.54) is 12.8 Å². The average Bonchev–Trinajstić information content (AvgIpc) is 2.87. The van der Waals surface area contributed by atoms with E-state index in [-0.39, 0.29) is 5.28 Å². The third-order valence-corrected chi connectivity index (χ3v) is 1.91. The van der Waals surface area contributed by atoms with Gasteiger partial charge in [0.2, 0.25) is 17.2 Å². The number of hydrogen-bond acceptors (Lipinski definition) is 5. The fourth-order valence-electron chi connectivity index (χ4n) is 0.937. The second-order valence-corrected chi connectivity index (χ2v) is 3.26. The van der Waals surface area contributed by atoms with E-state index in [1.807, 2.05) is 0 Å². The Bertz CT molecular complexity index is 312. The minimum Gasteiger partial charge on any atom is -0.357 e. The van der Waals surface area contributed by atoms with Crippen LogP contribution < -0.4 is 10.6 Å². The monoisotopic (exact) mass is 199 g/mol. The fourth-order valence-corrected chi connectivity index (χ4v) is 1.10. The molecule has 0 atom stereocenters. The van der Waals surface area contributed by atoms with Gasteiger partial charge in [0.15, 0.2) is 0 Å². The molecule has 1 aromatic rings. The van der Waals surface area contributed by atoms with E-state index in [0.29, 0.717) is 17.9 Å². The van der Waals surface area contributed by atoms with Crippen LogP contribution in [-0.4, -0.2) is 28.0 Å². The molecule has 2 N–H and O–H groups in total. The van der Waals surface area contributed by atoms with Crippen molar-refractivity contribution >= 4 is 23.5 Å². The van der Waals surface area contributed by atoms with Crippen molar-refractivity contribution in [3.8, 4) is 0 Å². The van der Waals surface area contributed by atoms with Gasteiger partial charge in [0.1, 0.15) is 0 Å². The molecule has 0 amide bonds. The van der Waals surface area contributed by atoms with E-state index < -0.39 is 0 Å². The quantitative estimate of drug-likeness (QED) is 0.765. The zero-order valence-corrected chi connectivity index (χ0v) is 7.97. The Morgan fingerprint density at radius 1 is 1.23 bits per heavy atom. The summed E-state index contributed by atoms with van der Waals surface area (Å²) in [6.45, 7) is 0. The molecule has 6 heteroatoms. The SMILES string of the molecule is CNc1nc(Cl)nc(NC2CC2)n1. The lowest BCUT2D eigenvalue weighted by atomic mass is 10.7. The van der Waals surface area contributed by atoms with Crippen molar-refractivity contribution in [1.82, 2.24) is 15.0 Å². The maximum absolute atomic E-state index is 5.69. The van der Waals surface area contributed by atoms with Gasteiger partial charge in [-0.05, 0) is 24.4 Å². The van der Waals surface area contributed by atoms with Crippen LogP contribution in [0.3, 0.4) is 0 Å². The van der Waals surface area contributed by atoms with Crippen LogP contribution in [0.15, 0.2) is 0 Å². The van der Waals surface area contributed by atoms with Gasteiger partial charge in [-0.3, -0.25) is 0 Å². The van der Waals surface area contributed by atoms with Crippen molar-refractivity contribution < 1.29 is 0 Å². The first kappa shape index (κ1) is 8.50. The van der Waals surface area contributed by atoms with Crippen LogP contribution >= 0.6 is 11.6 Å². The molecule has 0 unspecified atom stereocenters. The van der Waals surface area contributed by atoms with Gasteiger partial charge in [-0.2, -0.15) is 15.0 Å². The molecule has 2 rings (SSSR count). The standard InChI is InChI=1S/C7H10ClN5/c1-9-6-11-5(8)12-7(13-6)10-4-2-3-4/h4H,2-3H2,1H3,(H2,9,10,11,12,13). The third-order valence-electron chi connectivity index (χ3n) is 1.74. The Labute approximate surface area is 80.9 Å². The number of nitrogens with one attached hydrogen (secondary N) is 2. The van der Waals surface area contributed by atoms with Crippen LogP contribution in [0, 0.1) is 0 Å². The zero-order chi connectivity index (χ0) is 9.26. The summed E-state index contributed by atoms with van der Waals surface area (Å²) < 4.78 is 0. The molecule has 0 aromatic carbocycles. The highest BCUT2D eigenvalue weighted by Gasteiger charge is 2.22. The number of nitrogens with zero attached hydrogens (tertiary/aromatic N) is 3. The lowest BCUT2D eigenvalue weighted by Gasteiger charge is -2.04. The fraction of sp³-hybridized carbons (Fsp3) is 0.571. The number of anilines is 2. The molecule has 1 heterocycles. The van der Waals surface area contributed by atoms with Crippen LogP contribution in [-0.2, 0) is 0 Å². The molecule has 70 valence electrons. The molecule has 1 aliphatic carbocycles. The molecule has 0 radical (unpaired) electrons. The van der Waals surface area contributed by atoms with Crippen LogP contribution in [0.1, 0.15) is 12.8 Å². The molecule has 1 aromatic heterocycles. The Morgan fingerprint density at radius 3 is 2.54 bits per heavy atom. The Kier molecular flexibility index (Phi) is 2.18. The summed E-state index contributed by atoms with van der Waals surface area (Å²) in [5, 5.41) is 6.17. The summed E-state index contributed by atoms with van der Waals surface area (Å²) in [6.07, 6.45) is 2.36. The average molecular weight is 200 g/mol. The van der Waals surface area contributed by atoms with Gasteiger partial charge in [0.25, 0.3) is 0 Å². The highest BCUT2D eigenvalue weighted by molar-refractivity contribution is 6.28. The normalized spacial score (nSPS) is 15.5. The van der Waals surface area contributed by atoms with Crippen molar-refractivity contribution in [2.24, 2.45) is 0 Å². The Balaban J connectivity index is 2.17. The van der Waals surface area contributed by atoms with Gasteiger partial charge in [-0.25, -0.2) is 0 Å². The van der Waals surface area contributed by atoms with Crippen LogP contribution in [0.4, 0.5) is 11.9 Å². The zero-order valence-electron chi connectivity index (χ0n) is 7.21. The molecule has 1 fully saturated rings. The van der Waals surface area contributed by atoms with Crippen LogP contribution in [0.25, 0.3) is 0 Å². The maximum atomic E-state index is 5.69. The Morgan fingerprint density at radius 2 is 1.92 bits per heavy atom. The minimum absolute atomic E-state index is 0.211. The highest BCUT2D eigenvalue weighted by Crippen LogP contribution is 2.23. The second kappa shape index (κ2) is 3.33. The molecule has 0 aliphatic heterocycles. The molecule has 1 aliphatic rings. The van der Waals surface area contributed by atoms with Gasteiger partial charge in [-0.15, -0.1) is 0 Å². The summed E-state index contributed by atoms with van der Waals surface area (Å²) >= 11 is 5.69. The van der Waals surface area contributed by atoms with Crippen LogP contribution in [0.5, 0.6) is 0 Å². The molecule has 1 saturated carbocycles. The third kappa shape index (κ3) is 2.18. The number of halogens is 1. The molecule has 0 bridgehead atoms. The highest BCUT2D eigenvalue weighted by atomic mass is 35.5. The van der Waals surface area contributed by atoms with Crippen molar-refractivity contribution in [3.05, 3.63) is 5.28 Å². The maximum Gasteiger partial charge on any atom is 0.229 e. The van der Waals surface area contributed by atoms with E-state index in [0.717, 1.165) is 0 Å². The van der Waals surface area contributed by atoms with Gasteiger partial charge in [0, 0.05) is 13.1 Å². The smallest absolute Gasteiger partial charge is 0.229 e. The summed E-state index contributed by atoms with van der Waals surface area (Å²) in [5.41, 5.74) is 0. The molecular weight excluding hydrogens is 190 g/mol. The van der Waals surface area contributed by atoms with E-state index in [4.69, 9.17) is 11.6 Å². The van der Waals surface area contributed by atoms with Gasteiger partial charge in [0.05, 0.1) is 0 Å². The van der Waals surface area contributed by atoms with Crippen LogP contribution in [0.2, 0.25) is 5.28 Å². The summed E-state index contributed by atoms with van der Waals surface area (Å²) in [7, 11) is 1.74. The predicted molar refractivity (Wildman–Crippen MR) is 51.0 cm³/mol. The lowest BCUT2D eigenvalue weighted by Crippen LogP contribution is -2.08. The van der Waals surface area contributed by atoms with Crippen molar-refractivity contribution in [2.75, 3.05) is 17.7 Å². The van der Waals surface area contributed by atoms with Gasteiger partial charge < -0.3 is 10.6 Å². The summed E-state index contributed by atoms with van der Waals surface area (Å²) in [4.78, 5) is 11.9. The summed E-state index contributed by atoms with van der Waals surface area (Å²) in [5.74, 6) is 1.04. The van der Waals surface area contributed by atoms with E-state index in [2.05, 4.69) is 25.6 Å². The van der Waals surface area contributed by atoms with Gasteiger partial charge >= 0.3 is 0 Å². The number of hydrogen-bond donors (Lipinski definition) is 2. The largest absolute Gasteiger partial charge is 0.357 e. The van der Waals surface area contributed by atoms with Crippen molar-refractivity contribution in [2.45, 2.75) is 18.9 Å². The number of aromatic nitrogens is 3. The molecule has 5 nitrogen and oxygen atoms in total. The van der Waals surface area contributed by atoms with Gasteiger partial charge in [-0.1, -0.05) is 0 Å². The molecule has 13 heavy (non-hydrogen) atoms. The molecular formula is C7H10ClN5. The first-order valence-electron chi connectivity index (χ1n) is 4.14. The van der Waals surface area contributed by atoms with E-state index in [1.54, 1.807) is 7.05 Å². The predicted octanol–water partition coefficient (Wildman–Crippen LogP) is 1.14. The molecule has 0 spiro atoms.